The summed E-state index contributed by atoms with van der Waals surface area (Å²) in [5.41, 5.74) is 7.88. The first kappa shape index (κ1) is 16.8. The molecule has 0 radical (unpaired) electrons. The van der Waals surface area contributed by atoms with E-state index in [1.807, 2.05) is 18.3 Å². The Morgan fingerprint density at radius 2 is 2.09 bits per heavy atom. The third-order valence-corrected chi connectivity index (χ3v) is 5.16. The van der Waals surface area contributed by atoms with E-state index in [0.29, 0.717) is 6.54 Å². The molecule has 3 N–H and O–H groups in total. The summed E-state index contributed by atoms with van der Waals surface area (Å²) < 4.78 is 0. The maximum absolute atomic E-state index is 5.54. The molecule has 3 rings (SSSR count). The van der Waals surface area contributed by atoms with E-state index < -0.39 is 0 Å². The van der Waals surface area contributed by atoms with Gasteiger partial charge in [0.1, 0.15) is 0 Å². The lowest BCUT2D eigenvalue weighted by Crippen LogP contribution is -2.21. The summed E-state index contributed by atoms with van der Waals surface area (Å²) >= 11 is 0. The van der Waals surface area contributed by atoms with E-state index in [-0.39, 0.29) is 0 Å². The fourth-order valence-corrected chi connectivity index (χ4v) is 3.54. The molecule has 1 aliphatic rings. The van der Waals surface area contributed by atoms with Crippen LogP contribution in [0.2, 0.25) is 0 Å². The molecule has 1 heterocycles. The molecule has 22 heavy (non-hydrogen) atoms. The van der Waals surface area contributed by atoms with E-state index in [0.717, 1.165) is 23.3 Å². The minimum absolute atomic E-state index is 0.601. The Kier molecular flexibility index (Phi) is 6.26. The molecule has 1 aromatic heterocycles. The van der Waals surface area contributed by atoms with Crippen LogP contribution in [0.1, 0.15) is 45.1 Å². The van der Waals surface area contributed by atoms with Crippen molar-refractivity contribution in [1.29, 1.82) is 0 Å². The molecule has 1 aliphatic carbocycles. The molecule has 0 aliphatic heterocycles. The number of nitrogens with two attached hydrogens (primary N) is 1. The van der Waals surface area contributed by atoms with Gasteiger partial charge < -0.3 is 10.7 Å². The van der Waals surface area contributed by atoms with E-state index in [9.17, 15) is 0 Å². The van der Waals surface area contributed by atoms with Gasteiger partial charge in [0.15, 0.2) is 0 Å². The second kappa shape index (κ2) is 8.19. The minimum atomic E-state index is 0.601. The predicted molar refractivity (Wildman–Crippen MR) is 96.7 cm³/mol. The van der Waals surface area contributed by atoms with Gasteiger partial charge >= 0.3 is 0 Å². The number of benzene rings is 1. The van der Waals surface area contributed by atoms with Crippen molar-refractivity contribution in [1.82, 2.24) is 4.98 Å². The number of aromatic nitrogens is 1. The lowest BCUT2D eigenvalue weighted by molar-refractivity contribution is 0.213. The minimum Gasteiger partial charge on any atom is -0.361 e. The number of para-hydroxylation sites is 1. The van der Waals surface area contributed by atoms with Gasteiger partial charge in [0.05, 0.1) is 0 Å². The van der Waals surface area contributed by atoms with Crippen molar-refractivity contribution in [2.75, 3.05) is 0 Å². The first-order valence-corrected chi connectivity index (χ1v) is 8.57. The highest BCUT2D eigenvalue weighted by atomic mass is 14.7. The number of nitrogens with one attached hydrogen (secondary N) is 1. The van der Waals surface area contributed by atoms with Crippen LogP contribution in [-0.4, -0.2) is 4.98 Å². The molecule has 3 unspecified atom stereocenters. The van der Waals surface area contributed by atoms with Gasteiger partial charge in [-0.3, -0.25) is 0 Å². The van der Waals surface area contributed by atoms with Gasteiger partial charge in [0.25, 0.3) is 0 Å². The van der Waals surface area contributed by atoms with E-state index >= 15 is 0 Å². The third-order valence-electron chi connectivity index (χ3n) is 5.16. The van der Waals surface area contributed by atoms with Crippen LogP contribution in [0.25, 0.3) is 10.9 Å². The van der Waals surface area contributed by atoms with Crippen molar-refractivity contribution in [2.45, 2.75) is 46.1 Å². The van der Waals surface area contributed by atoms with Crippen LogP contribution in [0.4, 0.5) is 0 Å². The fraction of sp³-hybridized carbons (Fsp3) is 0.500. The molecule has 1 saturated carbocycles. The topological polar surface area (TPSA) is 41.8 Å². The Labute approximate surface area is 134 Å². The third kappa shape index (κ3) is 4.01. The van der Waals surface area contributed by atoms with Crippen molar-refractivity contribution in [2.24, 2.45) is 23.5 Å². The quantitative estimate of drug-likeness (QED) is 0.745. The van der Waals surface area contributed by atoms with Crippen LogP contribution < -0.4 is 5.73 Å². The van der Waals surface area contributed by atoms with Crippen LogP contribution >= 0.6 is 0 Å². The standard InChI is InChI=1S/C11H20.C9H10N2/c1-4-10-7-6-9(3)11(5-2)8-10;10-5-7-6-11-9-4-2-1-3-8(7)9/h4,9-11H,1,5-8H2,2-3H3;1-4,6,11H,5,10H2. The number of H-pyrrole nitrogens is 1. The van der Waals surface area contributed by atoms with Gasteiger partial charge in [-0.25, -0.2) is 0 Å². The average Bonchev–Trinajstić information content (AvgIpc) is 2.99. The van der Waals surface area contributed by atoms with Gasteiger partial charge in [-0.1, -0.05) is 44.5 Å². The molecular weight excluding hydrogens is 268 g/mol. The fourth-order valence-electron chi connectivity index (χ4n) is 3.54. The second-order valence-corrected chi connectivity index (χ2v) is 6.52. The highest BCUT2D eigenvalue weighted by Crippen LogP contribution is 2.35. The lowest BCUT2D eigenvalue weighted by Gasteiger charge is -2.32. The number of fused-ring (bicyclic) bond motifs is 1. The van der Waals surface area contributed by atoms with E-state index in [1.165, 1.54) is 36.6 Å². The Morgan fingerprint density at radius 1 is 1.32 bits per heavy atom. The Hall–Kier alpha value is -1.54. The molecule has 3 atom stereocenters. The largest absolute Gasteiger partial charge is 0.361 e. The van der Waals surface area contributed by atoms with Gasteiger partial charge in [-0.2, -0.15) is 0 Å². The summed E-state index contributed by atoms with van der Waals surface area (Å²) in [6.45, 7) is 9.19. The van der Waals surface area contributed by atoms with E-state index in [4.69, 9.17) is 5.73 Å². The van der Waals surface area contributed by atoms with Crippen molar-refractivity contribution >= 4 is 10.9 Å². The molecule has 0 amide bonds. The highest BCUT2D eigenvalue weighted by molar-refractivity contribution is 5.82. The smallest absolute Gasteiger partial charge is 0.0457 e. The lowest BCUT2D eigenvalue weighted by atomic mass is 9.74. The molecule has 2 heteroatoms. The van der Waals surface area contributed by atoms with E-state index in [1.54, 1.807) is 0 Å². The summed E-state index contributed by atoms with van der Waals surface area (Å²) in [6.07, 6.45) is 9.64. The summed E-state index contributed by atoms with van der Waals surface area (Å²) in [5, 5.41) is 1.23. The molecule has 0 spiro atoms. The SMILES string of the molecule is C=CC1CCC(C)C(CC)C1.NCc1c[nH]c2ccccc12. The highest BCUT2D eigenvalue weighted by Gasteiger charge is 2.24. The van der Waals surface area contributed by atoms with Crippen LogP contribution in [0.3, 0.4) is 0 Å². The van der Waals surface area contributed by atoms with Gasteiger partial charge in [-0.15, -0.1) is 6.58 Å². The Morgan fingerprint density at radius 3 is 2.77 bits per heavy atom. The molecule has 1 fully saturated rings. The zero-order valence-corrected chi connectivity index (χ0v) is 14.0. The Balaban J connectivity index is 0.000000160. The van der Waals surface area contributed by atoms with Crippen molar-refractivity contribution in [3.8, 4) is 0 Å². The van der Waals surface area contributed by atoms with Gasteiger partial charge in [-0.05, 0) is 48.6 Å². The van der Waals surface area contributed by atoms with E-state index in [2.05, 4.69) is 43.6 Å². The number of allylic oxidation sites excluding steroid dienone is 1. The zero-order chi connectivity index (χ0) is 15.9. The van der Waals surface area contributed by atoms with Crippen LogP contribution in [0.5, 0.6) is 0 Å². The summed E-state index contributed by atoms with van der Waals surface area (Å²) in [6, 6.07) is 8.16. The second-order valence-electron chi connectivity index (χ2n) is 6.52. The predicted octanol–water partition coefficient (Wildman–Crippen LogP) is 5.26. The molecule has 2 aromatic rings. The first-order chi connectivity index (χ1) is 10.7. The molecule has 2 nitrogen and oxygen atoms in total. The van der Waals surface area contributed by atoms with Crippen molar-refractivity contribution in [3.05, 3.63) is 48.7 Å². The number of rotatable bonds is 3. The Bertz CT molecular complexity index is 584. The van der Waals surface area contributed by atoms with Crippen molar-refractivity contribution in [3.63, 3.8) is 0 Å². The summed E-state index contributed by atoms with van der Waals surface area (Å²) in [7, 11) is 0. The maximum Gasteiger partial charge on any atom is 0.0457 e. The molecular formula is C20H30N2. The first-order valence-electron chi connectivity index (χ1n) is 8.57. The number of aromatic amines is 1. The maximum atomic E-state index is 5.54. The van der Waals surface area contributed by atoms with Crippen LogP contribution in [0, 0.1) is 17.8 Å². The van der Waals surface area contributed by atoms with Crippen molar-refractivity contribution < 1.29 is 0 Å². The average molecular weight is 298 g/mol. The molecule has 0 bridgehead atoms. The van der Waals surface area contributed by atoms with Gasteiger partial charge in [0, 0.05) is 23.6 Å². The molecule has 1 aromatic carbocycles. The summed E-state index contributed by atoms with van der Waals surface area (Å²) in [5.74, 6) is 2.74. The van der Waals surface area contributed by atoms with Crippen LogP contribution in [-0.2, 0) is 6.54 Å². The van der Waals surface area contributed by atoms with Gasteiger partial charge in [0.2, 0.25) is 0 Å². The molecule has 120 valence electrons. The monoisotopic (exact) mass is 298 g/mol. The van der Waals surface area contributed by atoms with Crippen LogP contribution in [0.15, 0.2) is 43.1 Å². The zero-order valence-electron chi connectivity index (χ0n) is 14.0. The number of hydrogen-bond donors (Lipinski definition) is 2. The molecule has 0 saturated heterocycles. The number of hydrogen-bond acceptors (Lipinski definition) is 1. The summed E-state index contributed by atoms with van der Waals surface area (Å²) in [4.78, 5) is 3.16. The normalized spacial score (nSPS) is 24.6.